The lowest BCUT2D eigenvalue weighted by Crippen LogP contribution is -2.39. The van der Waals surface area contributed by atoms with Gasteiger partial charge in [-0.2, -0.15) is 0 Å². The lowest BCUT2D eigenvalue weighted by molar-refractivity contribution is -0.155. The molecule has 0 amide bonds. The van der Waals surface area contributed by atoms with Crippen LogP contribution in [0.3, 0.4) is 0 Å². The molecule has 1 aliphatic rings. The first kappa shape index (κ1) is 14.0. The van der Waals surface area contributed by atoms with Crippen LogP contribution in [0.1, 0.15) is 25.0 Å². The van der Waals surface area contributed by atoms with E-state index in [0.717, 1.165) is 37.2 Å². The van der Waals surface area contributed by atoms with Crippen LogP contribution in [0.25, 0.3) is 0 Å². The summed E-state index contributed by atoms with van der Waals surface area (Å²) in [5.41, 5.74) is 1.22. The van der Waals surface area contributed by atoms with E-state index in [1.807, 2.05) is 0 Å². The molecule has 1 atom stereocenters. The maximum atomic E-state index is 6.06. The first-order chi connectivity index (χ1) is 8.79. The summed E-state index contributed by atoms with van der Waals surface area (Å²) in [6.45, 7) is 5.49. The zero-order valence-electron chi connectivity index (χ0n) is 10.7. The van der Waals surface area contributed by atoms with Crippen molar-refractivity contribution in [2.24, 2.45) is 0 Å². The number of rotatable bonds is 7. The molecule has 1 heterocycles. The van der Waals surface area contributed by atoms with Crippen molar-refractivity contribution in [3.8, 4) is 0 Å². The first-order valence-electron chi connectivity index (χ1n) is 6.49. The fraction of sp³-hybridized carbons (Fsp3) is 0.571. The molecule has 0 aromatic heterocycles. The van der Waals surface area contributed by atoms with Crippen molar-refractivity contribution >= 4 is 15.9 Å². The molecular formula is C14H20BrNO2. The predicted molar refractivity (Wildman–Crippen MR) is 75.7 cm³/mol. The van der Waals surface area contributed by atoms with Crippen molar-refractivity contribution in [3.05, 3.63) is 34.3 Å². The smallest absolute Gasteiger partial charge is 0.105 e. The van der Waals surface area contributed by atoms with E-state index in [0.29, 0.717) is 0 Å². The lowest BCUT2D eigenvalue weighted by Gasteiger charge is -2.31. The fourth-order valence-corrected chi connectivity index (χ4v) is 2.12. The third-order valence-electron chi connectivity index (χ3n) is 2.96. The average Bonchev–Trinajstić information content (AvgIpc) is 2.33. The van der Waals surface area contributed by atoms with Crippen molar-refractivity contribution in [1.82, 2.24) is 5.32 Å². The minimum atomic E-state index is 0.110. The highest BCUT2D eigenvalue weighted by atomic mass is 79.9. The largest absolute Gasteiger partial charge is 0.376 e. The van der Waals surface area contributed by atoms with Gasteiger partial charge >= 0.3 is 0 Å². The van der Waals surface area contributed by atoms with E-state index in [-0.39, 0.29) is 12.2 Å². The Balaban J connectivity index is 1.95. The van der Waals surface area contributed by atoms with Crippen molar-refractivity contribution in [2.45, 2.75) is 25.6 Å². The monoisotopic (exact) mass is 313 g/mol. The maximum absolute atomic E-state index is 6.06. The number of hydrogen-bond donors (Lipinski definition) is 1. The Morgan fingerprint density at radius 2 is 2.11 bits per heavy atom. The van der Waals surface area contributed by atoms with Gasteiger partial charge in [-0.25, -0.2) is 0 Å². The van der Waals surface area contributed by atoms with Crippen LogP contribution in [-0.4, -0.2) is 32.4 Å². The van der Waals surface area contributed by atoms with Gasteiger partial charge in [0.1, 0.15) is 6.10 Å². The quantitative estimate of drug-likeness (QED) is 0.785. The van der Waals surface area contributed by atoms with Crippen molar-refractivity contribution in [2.75, 3.05) is 26.3 Å². The maximum Gasteiger partial charge on any atom is 0.105 e. The highest BCUT2D eigenvalue weighted by molar-refractivity contribution is 9.10. The Labute approximate surface area is 117 Å². The zero-order valence-corrected chi connectivity index (χ0v) is 12.3. The standard InChI is InChI=1S/C14H20BrNO2/c1-2-7-16-8-14(18-13-9-17-10-13)11-3-5-12(15)6-4-11/h3-6,13-14,16H,2,7-10H2,1H3. The molecule has 2 rings (SSSR count). The molecule has 18 heavy (non-hydrogen) atoms. The second kappa shape index (κ2) is 7.24. The summed E-state index contributed by atoms with van der Waals surface area (Å²) in [5, 5.41) is 3.42. The molecule has 0 bridgehead atoms. The minimum Gasteiger partial charge on any atom is -0.376 e. The molecule has 1 unspecified atom stereocenters. The lowest BCUT2D eigenvalue weighted by atomic mass is 10.1. The first-order valence-corrected chi connectivity index (χ1v) is 7.28. The molecule has 1 saturated heterocycles. The molecule has 1 fully saturated rings. The second-order valence-corrected chi connectivity index (χ2v) is 5.46. The van der Waals surface area contributed by atoms with Gasteiger partial charge in [-0.15, -0.1) is 0 Å². The van der Waals surface area contributed by atoms with E-state index in [2.05, 4.69) is 52.4 Å². The minimum absolute atomic E-state index is 0.110. The summed E-state index contributed by atoms with van der Waals surface area (Å²) in [7, 11) is 0. The third-order valence-corrected chi connectivity index (χ3v) is 3.49. The Kier molecular flexibility index (Phi) is 5.63. The Morgan fingerprint density at radius 1 is 1.39 bits per heavy atom. The predicted octanol–water partition coefficient (Wildman–Crippen LogP) is 2.91. The Hall–Kier alpha value is -0.420. The van der Waals surface area contributed by atoms with Crippen LogP contribution in [0.4, 0.5) is 0 Å². The summed E-state index contributed by atoms with van der Waals surface area (Å²) >= 11 is 3.46. The number of halogens is 1. The summed E-state index contributed by atoms with van der Waals surface area (Å²) in [6.07, 6.45) is 1.50. The van der Waals surface area contributed by atoms with Gasteiger partial charge in [0, 0.05) is 11.0 Å². The molecule has 1 N–H and O–H groups in total. The SMILES string of the molecule is CCCNCC(OC1COC1)c1ccc(Br)cc1. The summed E-state index contributed by atoms with van der Waals surface area (Å²) in [4.78, 5) is 0. The van der Waals surface area contributed by atoms with E-state index < -0.39 is 0 Å². The molecule has 0 radical (unpaired) electrons. The molecule has 4 heteroatoms. The highest BCUT2D eigenvalue weighted by Gasteiger charge is 2.24. The summed E-state index contributed by atoms with van der Waals surface area (Å²) in [5.74, 6) is 0. The number of benzene rings is 1. The van der Waals surface area contributed by atoms with Crippen LogP contribution in [0, 0.1) is 0 Å². The van der Waals surface area contributed by atoms with Gasteiger partial charge in [-0.1, -0.05) is 35.0 Å². The van der Waals surface area contributed by atoms with Gasteiger partial charge in [-0.3, -0.25) is 0 Å². The van der Waals surface area contributed by atoms with E-state index in [1.165, 1.54) is 5.56 Å². The number of nitrogens with one attached hydrogen (secondary N) is 1. The van der Waals surface area contributed by atoms with Crippen LogP contribution in [0.2, 0.25) is 0 Å². The second-order valence-electron chi connectivity index (χ2n) is 4.54. The van der Waals surface area contributed by atoms with Crippen LogP contribution in [-0.2, 0) is 9.47 Å². The Bertz CT molecular complexity index is 351. The van der Waals surface area contributed by atoms with E-state index >= 15 is 0 Å². The Morgan fingerprint density at radius 3 is 2.67 bits per heavy atom. The molecule has 0 aliphatic carbocycles. The summed E-state index contributed by atoms with van der Waals surface area (Å²) < 4.78 is 12.3. The fourth-order valence-electron chi connectivity index (χ4n) is 1.86. The van der Waals surface area contributed by atoms with Gasteiger partial charge < -0.3 is 14.8 Å². The number of hydrogen-bond acceptors (Lipinski definition) is 3. The average molecular weight is 314 g/mol. The zero-order chi connectivity index (χ0) is 12.8. The van der Waals surface area contributed by atoms with Crippen LogP contribution < -0.4 is 5.32 Å². The van der Waals surface area contributed by atoms with Gasteiger partial charge in [0.2, 0.25) is 0 Å². The van der Waals surface area contributed by atoms with Gasteiger partial charge in [0.05, 0.1) is 19.3 Å². The van der Waals surface area contributed by atoms with E-state index in [1.54, 1.807) is 0 Å². The molecule has 1 aromatic rings. The van der Waals surface area contributed by atoms with Gasteiger partial charge in [0.25, 0.3) is 0 Å². The van der Waals surface area contributed by atoms with E-state index in [9.17, 15) is 0 Å². The molecular weight excluding hydrogens is 294 g/mol. The van der Waals surface area contributed by atoms with E-state index in [4.69, 9.17) is 9.47 Å². The molecule has 0 spiro atoms. The van der Waals surface area contributed by atoms with Gasteiger partial charge in [0.15, 0.2) is 0 Å². The van der Waals surface area contributed by atoms with Crippen molar-refractivity contribution < 1.29 is 9.47 Å². The summed E-state index contributed by atoms with van der Waals surface area (Å²) in [6, 6.07) is 8.34. The van der Waals surface area contributed by atoms with Crippen molar-refractivity contribution in [3.63, 3.8) is 0 Å². The van der Waals surface area contributed by atoms with Crippen LogP contribution in [0.15, 0.2) is 28.7 Å². The molecule has 100 valence electrons. The third kappa shape index (κ3) is 4.05. The van der Waals surface area contributed by atoms with Gasteiger partial charge in [-0.05, 0) is 30.7 Å². The van der Waals surface area contributed by atoms with Crippen LogP contribution in [0.5, 0.6) is 0 Å². The molecule has 3 nitrogen and oxygen atoms in total. The van der Waals surface area contributed by atoms with Crippen LogP contribution >= 0.6 is 15.9 Å². The normalized spacial score (nSPS) is 17.4. The highest BCUT2D eigenvalue weighted by Crippen LogP contribution is 2.23. The molecule has 1 aliphatic heterocycles. The molecule has 0 saturated carbocycles. The molecule has 1 aromatic carbocycles. The topological polar surface area (TPSA) is 30.5 Å². The van der Waals surface area contributed by atoms with Crippen molar-refractivity contribution in [1.29, 1.82) is 0 Å². The number of ether oxygens (including phenoxy) is 2.